The summed E-state index contributed by atoms with van der Waals surface area (Å²) < 4.78 is 0. The van der Waals surface area contributed by atoms with Crippen molar-refractivity contribution in [3.8, 4) is 0 Å². The zero-order valence-electron chi connectivity index (χ0n) is 19.8. The molecule has 6 rings (SSSR count). The molecular weight excluding hydrogens is 386 g/mol. The lowest BCUT2D eigenvalue weighted by molar-refractivity contribution is -0.175. The first kappa shape index (κ1) is 21.1. The molecule has 6 fully saturated rings. The summed E-state index contributed by atoms with van der Waals surface area (Å²) in [6, 6.07) is 0.341. The molecule has 0 spiro atoms. The molecule has 0 bridgehead atoms. The number of aliphatic hydroxyl groups is 2. The molecule has 0 aromatic rings. The van der Waals surface area contributed by atoms with Gasteiger partial charge in [0.15, 0.2) is 0 Å². The molecule has 4 heteroatoms. The minimum atomic E-state index is -0.570. The molecular formula is C27H43NO3. The number of carbonyl (C=O) groups excluding carboxylic acids is 1. The van der Waals surface area contributed by atoms with Crippen molar-refractivity contribution in [2.45, 2.75) is 96.3 Å². The van der Waals surface area contributed by atoms with Crippen molar-refractivity contribution in [1.82, 2.24) is 4.90 Å². The third-order valence-electron chi connectivity index (χ3n) is 11.8. The van der Waals surface area contributed by atoms with E-state index in [0.29, 0.717) is 53.8 Å². The first-order valence-electron chi connectivity index (χ1n) is 13.4. The fraction of sp³-hybridized carbons (Fsp3) is 0.963. The topological polar surface area (TPSA) is 60.8 Å². The molecule has 1 unspecified atom stereocenters. The van der Waals surface area contributed by atoms with Gasteiger partial charge in [-0.15, -0.1) is 0 Å². The van der Waals surface area contributed by atoms with Gasteiger partial charge in [-0.05, 0) is 105 Å². The third kappa shape index (κ3) is 2.93. The SMILES string of the molecule is CC1CC[C@@H]2N(C1)C[C@H]1[C@@H]3C[C@H]4[C@@H](CC(=O)[C@H]5C[C@@H](O)CC[C@@]54C)[C@@H]3CC[C@H]1[C@]2(C)O. The number of aliphatic hydroxyl groups excluding tert-OH is 1. The van der Waals surface area contributed by atoms with E-state index in [9.17, 15) is 15.0 Å². The van der Waals surface area contributed by atoms with Gasteiger partial charge < -0.3 is 10.2 Å². The molecule has 0 amide bonds. The molecule has 2 N–H and O–H groups in total. The number of hydrogen-bond acceptors (Lipinski definition) is 4. The Kier molecular flexibility index (Phi) is 4.78. The molecule has 0 radical (unpaired) electrons. The van der Waals surface area contributed by atoms with E-state index >= 15 is 0 Å². The van der Waals surface area contributed by atoms with Crippen molar-refractivity contribution < 1.29 is 15.0 Å². The standard InChI is InChI=1S/C27H43NO3/c1-15-4-7-25-27(3,31)21-6-5-17-18(20(21)14-28(25)13-15)11-22-19(17)12-24(30)23-10-16(29)8-9-26(22,23)2/h15-23,25,29,31H,4-14H2,1-3H3/t15?,16-,17+,18+,19-,20-,21+,22-,23+,25-,26+,27-/m0/s1. The number of fused-ring (bicyclic) bond motifs is 8. The van der Waals surface area contributed by atoms with Gasteiger partial charge in [0.05, 0.1) is 11.7 Å². The van der Waals surface area contributed by atoms with Crippen molar-refractivity contribution in [1.29, 1.82) is 0 Å². The Balaban J connectivity index is 1.31. The maximum atomic E-state index is 13.2. The highest BCUT2D eigenvalue weighted by atomic mass is 16.3. The number of carbonyl (C=O) groups is 1. The van der Waals surface area contributed by atoms with Gasteiger partial charge in [0.2, 0.25) is 0 Å². The fourth-order valence-corrected chi connectivity index (χ4v) is 10.4. The maximum absolute atomic E-state index is 13.2. The van der Waals surface area contributed by atoms with Crippen molar-refractivity contribution in [2.75, 3.05) is 13.1 Å². The lowest BCUT2D eigenvalue weighted by Gasteiger charge is -2.59. The van der Waals surface area contributed by atoms with E-state index in [1.165, 1.54) is 25.8 Å². The number of rotatable bonds is 0. The largest absolute Gasteiger partial charge is 0.393 e. The van der Waals surface area contributed by atoms with Gasteiger partial charge in [0.1, 0.15) is 5.78 Å². The highest BCUT2D eigenvalue weighted by Gasteiger charge is 2.64. The summed E-state index contributed by atoms with van der Waals surface area (Å²) in [4.78, 5) is 15.9. The quantitative estimate of drug-likeness (QED) is 0.613. The summed E-state index contributed by atoms with van der Waals surface area (Å²) in [6.07, 6.45) is 9.08. The second kappa shape index (κ2) is 7.03. The van der Waals surface area contributed by atoms with Gasteiger partial charge in [-0.2, -0.15) is 0 Å². The van der Waals surface area contributed by atoms with Gasteiger partial charge in [-0.1, -0.05) is 13.8 Å². The summed E-state index contributed by atoms with van der Waals surface area (Å²) >= 11 is 0. The average molecular weight is 430 g/mol. The van der Waals surface area contributed by atoms with E-state index in [-0.39, 0.29) is 17.4 Å². The van der Waals surface area contributed by atoms with Gasteiger partial charge in [-0.3, -0.25) is 9.69 Å². The molecule has 2 heterocycles. The van der Waals surface area contributed by atoms with Gasteiger partial charge in [0, 0.05) is 31.5 Å². The van der Waals surface area contributed by atoms with Crippen molar-refractivity contribution in [3.63, 3.8) is 0 Å². The predicted octanol–water partition coefficient (Wildman–Crippen LogP) is 3.89. The van der Waals surface area contributed by atoms with Crippen LogP contribution < -0.4 is 0 Å². The molecule has 174 valence electrons. The van der Waals surface area contributed by atoms with E-state index < -0.39 is 5.60 Å². The summed E-state index contributed by atoms with van der Waals surface area (Å²) in [5.41, 5.74) is -0.482. The van der Waals surface area contributed by atoms with Crippen LogP contribution in [0.2, 0.25) is 0 Å². The van der Waals surface area contributed by atoms with Crippen LogP contribution in [0.25, 0.3) is 0 Å². The molecule has 0 aromatic carbocycles. The van der Waals surface area contributed by atoms with E-state index in [1.807, 2.05) is 0 Å². The van der Waals surface area contributed by atoms with E-state index in [1.54, 1.807) is 0 Å². The van der Waals surface area contributed by atoms with Crippen LogP contribution in [-0.4, -0.2) is 51.7 Å². The summed E-state index contributed by atoms with van der Waals surface area (Å²) in [5, 5.41) is 22.1. The normalized spacial score (nSPS) is 59.2. The summed E-state index contributed by atoms with van der Waals surface area (Å²) in [6.45, 7) is 9.23. The Bertz CT molecular complexity index is 751. The van der Waals surface area contributed by atoms with Gasteiger partial charge in [-0.25, -0.2) is 0 Å². The predicted molar refractivity (Wildman–Crippen MR) is 120 cm³/mol. The van der Waals surface area contributed by atoms with Gasteiger partial charge >= 0.3 is 0 Å². The van der Waals surface area contributed by atoms with Crippen LogP contribution >= 0.6 is 0 Å². The fourth-order valence-electron chi connectivity index (χ4n) is 10.4. The van der Waals surface area contributed by atoms with Crippen LogP contribution in [0.4, 0.5) is 0 Å². The Labute approximate surface area is 188 Å². The Morgan fingerprint density at radius 1 is 0.903 bits per heavy atom. The first-order chi connectivity index (χ1) is 14.7. The highest BCUT2D eigenvalue weighted by Crippen LogP contribution is 2.66. The molecule has 4 aliphatic carbocycles. The molecule has 0 aromatic heterocycles. The van der Waals surface area contributed by atoms with Crippen LogP contribution in [0.3, 0.4) is 0 Å². The molecule has 4 saturated carbocycles. The zero-order valence-corrected chi connectivity index (χ0v) is 19.8. The Morgan fingerprint density at radius 3 is 2.52 bits per heavy atom. The van der Waals surface area contributed by atoms with Crippen molar-refractivity contribution >= 4 is 5.78 Å². The molecule has 4 nitrogen and oxygen atoms in total. The maximum Gasteiger partial charge on any atom is 0.136 e. The minimum absolute atomic E-state index is 0.0789. The lowest BCUT2D eigenvalue weighted by atomic mass is 9.51. The monoisotopic (exact) mass is 429 g/mol. The number of ketones is 1. The number of hydrogen-bond donors (Lipinski definition) is 2. The smallest absolute Gasteiger partial charge is 0.136 e. The summed E-state index contributed by atoms with van der Waals surface area (Å²) in [5.74, 6) is 4.82. The van der Waals surface area contributed by atoms with Crippen LogP contribution in [0.5, 0.6) is 0 Å². The molecule has 2 aliphatic heterocycles. The minimum Gasteiger partial charge on any atom is -0.393 e. The third-order valence-corrected chi connectivity index (χ3v) is 11.8. The van der Waals surface area contributed by atoms with Gasteiger partial charge in [0.25, 0.3) is 0 Å². The van der Waals surface area contributed by atoms with E-state index in [0.717, 1.165) is 44.6 Å². The summed E-state index contributed by atoms with van der Waals surface area (Å²) in [7, 11) is 0. The number of nitrogens with zero attached hydrogens (tertiary/aromatic N) is 1. The zero-order chi connectivity index (χ0) is 21.7. The van der Waals surface area contributed by atoms with Crippen LogP contribution in [0.15, 0.2) is 0 Å². The van der Waals surface area contributed by atoms with E-state index in [4.69, 9.17) is 0 Å². The van der Waals surface area contributed by atoms with Crippen LogP contribution in [0.1, 0.15) is 78.6 Å². The average Bonchev–Trinajstić information content (AvgIpc) is 3.09. The second-order valence-corrected chi connectivity index (χ2v) is 13.2. The number of piperidine rings is 2. The Hall–Kier alpha value is -0.450. The van der Waals surface area contributed by atoms with E-state index in [2.05, 4.69) is 25.7 Å². The molecule has 31 heavy (non-hydrogen) atoms. The highest BCUT2D eigenvalue weighted by molar-refractivity contribution is 5.83. The number of Topliss-reactive ketones (excluding diaryl/α,β-unsaturated/α-hetero) is 1. The molecule has 2 saturated heterocycles. The molecule has 6 aliphatic rings. The second-order valence-electron chi connectivity index (χ2n) is 13.2. The Morgan fingerprint density at radius 2 is 1.71 bits per heavy atom. The lowest BCUT2D eigenvalue weighted by Crippen LogP contribution is -2.67. The van der Waals surface area contributed by atoms with Crippen molar-refractivity contribution in [3.05, 3.63) is 0 Å². The van der Waals surface area contributed by atoms with Crippen molar-refractivity contribution in [2.24, 2.45) is 52.8 Å². The first-order valence-corrected chi connectivity index (χ1v) is 13.4. The van der Waals surface area contributed by atoms with Crippen LogP contribution in [-0.2, 0) is 4.79 Å². The molecule has 12 atom stereocenters. The van der Waals surface area contributed by atoms with Crippen LogP contribution in [0, 0.1) is 52.8 Å².